The zero-order valence-electron chi connectivity index (χ0n) is 8.40. The first-order valence-corrected chi connectivity index (χ1v) is 4.62. The molecule has 4 heteroatoms. The van der Waals surface area contributed by atoms with Crippen molar-refractivity contribution >= 4 is 5.78 Å². The molecule has 0 amide bonds. The van der Waals surface area contributed by atoms with Crippen LogP contribution in [-0.2, 0) is 6.54 Å². The number of nitrogens with zero attached hydrogens (tertiary/aromatic N) is 3. The van der Waals surface area contributed by atoms with Crippen LogP contribution in [0.4, 0.5) is 0 Å². The average molecular weight is 191 g/mol. The van der Waals surface area contributed by atoms with Gasteiger partial charge in [-0.25, -0.2) is 0 Å². The Morgan fingerprint density at radius 2 is 2.50 bits per heavy atom. The van der Waals surface area contributed by atoms with Crippen LogP contribution in [0.15, 0.2) is 12.4 Å². The van der Waals surface area contributed by atoms with E-state index in [2.05, 4.69) is 5.10 Å². The lowest BCUT2D eigenvalue weighted by Crippen LogP contribution is -2.09. The van der Waals surface area contributed by atoms with E-state index in [1.165, 1.54) is 0 Å². The highest BCUT2D eigenvalue weighted by Crippen LogP contribution is 2.10. The van der Waals surface area contributed by atoms with E-state index in [1.54, 1.807) is 24.0 Å². The molecule has 1 atom stereocenters. The molecule has 74 valence electrons. The van der Waals surface area contributed by atoms with Crippen molar-refractivity contribution < 1.29 is 4.79 Å². The highest BCUT2D eigenvalue weighted by molar-refractivity contribution is 5.97. The Labute approximate surface area is 83.1 Å². The Balaban J connectivity index is 2.74. The van der Waals surface area contributed by atoms with Crippen LogP contribution in [0.2, 0.25) is 0 Å². The van der Waals surface area contributed by atoms with Crippen molar-refractivity contribution in [2.45, 2.75) is 26.8 Å². The van der Waals surface area contributed by atoms with Crippen LogP contribution in [0, 0.1) is 17.2 Å². The van der Waals surface area contributed by atoms with E-state index in [0.29, 0.717) is 5.56 Å². The summed E-state index contributed by atoms with van der Waals surface area (Å²) >= 11 is 0. The van der Waals surface area contributed by atoms with Gasteiger partial charge in [0.05, 0.1) is 17.8 Å². The Morgan fingerprint density at radius 1 is 1.79 bits per heavy atom. The van der Waals surface area contributed by atoms with Gasteiger partial charge in [0.25, 0.3) is 0 Å². The minimum Gasteiger partial charge on any atom is -0.294 e. The zero-order chi connectivity index (χ0) is 10.6. The van der Waals surface area contributed by atoms with E-state index in [-0.39, 0.29) is 18.1 Å². The summed E-state index contributed by atoms with van der Waals surface area (Å²) in [5.41, 5.74) is 0.592. The van der Waals surface area contributed by atoms with Crippen LogP contribution in [0.25, 0.3) is 0 Å². The van der Waals surface area contributed by atoms with Gasteiger partial charge in [-0.1, -0.05) is 6.92 Å². The number of ketones is 1. The molecule has 4 nitrogen and oxygen atoms in total. The number of carbonyl (C=O) groups is 1. The van der Waals surface area contributed by atoms with E-state index >= 15 is 0 Å². The predicted molar refractivity (Wildman–Crippen MR) is 51.6 cm³/mol. The Bertz CT molecular complexity index is 362. The fourth-order valence-electron chi connectivity index (χ4n) is 1.18. The second kappa shape index (κ2) is 4.56. The molecular weight excluding hydrogens is 178 g/mol. The topological polar surface area (TPSA) is 58.7 Å². The van der Waals surface area contributed by atoms with Gasteiger partial charge in [-0.05, 0) is 6.92 Å². The molecule has 0 saturated carbocycles. The Hall–Kier alpha value is -1.63. The van der Waals surface area contributed by atoms with Gasteiger partial charge in [-0.3, -0.25) is 9.48 Å². The smallest absolute Gasteiger partial charge is 0.169 e. The van der Waals surface area contributed by atoms with Crippen molar-refractivity contribution in [1.29, 1.82) is 5.26 Å². The van der Waals surface area contributed by atoms with Gasteiger partial charge in [-0.2, -0.15) is 10.4 Å². The number of carbonyl (C=O) groups excluding carboxylic acids is 1. The molecule has 0 N–H and O–H groups in total. The van der Waals surface area contributed by atoms with Gasteiger partial charge >= 0.3 is 0 Å². The van der Waals surface area contributed by atoms with Gasteiger partial charge in [0.2, 0.25) is 0 Å². The summed E-state index contributed by atoms with van der Waals surface area (Å²) in [5.74, 6) is -0.249. The second-order valence-electron chi connectivity index (χ2n) is 3.21. The van der Waals surface area contributed by atoms with Crippen LogP contribution in [0.3, 0.4) is 0 Å². The minimum atomic E-state index is -0.241. The molecule has 0 aromatic carbocycles. The first-order valence-electron chi connectivity index (χ1n) is 4.62. The maximum Gasteiger partial charge on any atom is 0.169 e. The third-order valence-corrected chi connectivity index (χ3v) is 2.09. The van der Waals surface area contributed by atoms with E-state index < -0.39 is 0 Å². The zero-order valence-corrected chi connectivity index (χ0v) is 8.40. The molecule has 1 rings (SSSR count). The summed E-state index contributed by atoms with van der Waals surface area (Å²) in [4.78, 5) is 11.7. The fourth-order valence-corrected chi connectivity index (χ4v) is 1.18. The van der Waals surface area contributed by atoms with Crippen LogP contribution in [0.1, 0.15) is 30.6 Å². The second-order valence-corrected chi connectivity index (χ2v) is 3.21. The molecule has 0 aliphatic carbocycles. The maximum absolute atomic E-state index is 11.7. The standard InChI is InChI=1S/C10H13N3O/c1-3-13-7-9(6-12-13)10(14)8(2)4-5-11/h6-8H,3-4H2,1-2H3. The molecular formula is C10H13N3O. The Kier molecular flexibility index (Phi) is 3.41. The Morgan fingerprint density at radius 3 is 3.00 bits per heavy atom. The van der Waals surface area contributed by atoms with Crippen molar-refractivity contribution in [2.75, 3.05) is 0 Å². The van der Waals surface area contributed by atoms with E-state index in [0.717, 1.165) is 6.54 Å². The van der Waals surface area contributed by atoms with Crippen LogP contribution in [-0.4, -0.2) is 15.6 Å². The number of hydrogen-bond donors (Lipinski definition) is 0. The highest BCUT2D eigenvalue weighted by atomic mass is 16.1. The molecule has 1 unspecified atom stereocenters. The largest absolute Gasteiger partial charge is 0.294 e. The van der Waals surface area contributed by atoms with Crippen LogP contribution >= 0.6 is 0 Å². The summed E-state index contributed by atoms with van der Waals surface area (Å²) in [6, 6.07) is 1.99. The summed E-state index contributed by atoms with van der Waals surface area (Å²) in [7, 11) is 0. The van der Waals surface area contributed by atoms with Gasteiger partial charge in [-0.15, -0.1) is 0 Å². The van der Waals surface area contributed by atoms with Gasteiger partial charge in [0.1, 0.15) is 0 Å². The lowest BCUT2D eigenvalue weighted by molar-refractivity contribution is 0.0932. The minimum absolute atomic E-state index is 0.00810. The first-order chi connectivity index (χ1) is 6.69. The van der Waals surface area contributed by atoms with E-state index in [9.17, 15) is 4.79 Å². The lowest BCUT2D eigenvalue weighted by Gasteiger charge is -2.02. The number of nitriles is 1. The maximum atomic E-state index is 11.7. The molecule has 14 heavy (non-hydrogen) atoms. The SMILES string of the molecule is CCn1cc(C(=O)C(C)CC#N)cn1. The third-order valence-electron chi connectivity index (χ3n) is 2.09. The summed E-state index contributed by atoms with van der Waals surface area (Å²) < 4.78 is 1.70. The summed E-state index contributed by atoms with van der Waals surface area (Å²) in [5, 5.41) is 12.5. The monoisotopic (exact) mass is 191 g/mol. The van der Waals surface area contributed by atoms with Crippen molar-refractivity contribution in [2.24, 2.45) is 5.92 Å². The summed E-state index contributed by atoms with van der Waals surface area (Å²) in [6.07, 6.45) is 3.53. The number of rotatable bonds is 4. The highest BCUT2D eigenvalue weighted by Gasteiger charge is 2.16. The van der Waals surface area contributed by atoms with Crippen molar-refractivity contribution in [1.82, 2.24) is 9.78 Å². The molecule has 0 spiro atoms. The van der Waals surface area contributed by atoms with Crippen LogP contribution in [0.5, 0.6) is 0 Å². The quantitative estimate of drug-likeness (QED) is 0.680. The van der Waals surface area contributed by atoms with E-state index in [1.807, 2.05) is 13.0 Å². The molecule has 0 radical (unpaired) electrons. The number of aromatic nitrogens is 2. The normalized spacial score (nSPS) is 12.1. The average Bonchev–Trinajstić information content (AvgIpc) is 2.65. The molecule has 0 saturated heterocycles. The molecule has 1 heterocycles. The third kappa shape index (κ3) is 2.19. The molecule has 0 aliphatic heterocycles. The lowest BCUT2D eigenvalue weighted by atomic mass is 9.99. The molecule has 0 bridgehead atoms. The number of hydrogen-bond acceptors (Lipinski definition) is 3. The van der Waals surface area contributed by atoms with Crippen LogP contribution < -0.4 is 0 Å². The van der Waals surface area contributed by atoms with Gasteiger partial charge < -0.3 is 0 Å². The van der Waals surface area contributed by atoms with Crippen molar-refractivity contribution in [3.63, 3.8) is 0 Å². The van der Waals surface area contributed by atoms with Gasteiger partial charge in [0.15, 0.2) is 5.78 Å². The molecule has 0 fully saturated rings. The summed E-state index contributed by atoms with van der Waals surface area (Å²) in [6.45, 7) is 4.47. The molecule has 1 aromatic rings. The number of Topliss-reactive ketones (excluding diaryl/α,β-unsaturated/α-hetero) is 1. The first kappa shape index (κ1) is 10.5. The van der Waals surface area contributed by atoms with Crippen molar-refractivity contribution in [3.8, 4) is 6.07 Å². The number of aryl methyl sites for hydroxylation is 1. The van der Waals surface area contributed by atoms with Gasteiger partial charge in [0, 0.05) is 25.1 Å². The predicted octanol–water partition coefficient (Wildman–Crippen LogP) is 1.64. The molecule has 1 aromatic heterocycles. The van der Waals surface area contributed by atoms with Crippen molar-refractivity contribution in [3.05, 3.63) is 18.0 Å². The van der Waals surface area contributed by atoms with E-state index in [4.69, 9.17) is 5.26 Å². The fraction of sp³-hybridized carbons (Fsp3) is 0.500. The molecule has 0 aliphatic rings.